The highest BCUT2D eigenvalue weighted by Crippen LogP contribution is 2.21. The molecule has 0 aromatic rings. The number of nitrogens with one attached hydrogen (secondary N) is 4. The first kappa shape index (κ1) is 124. The van der Waals surface area contributed by atoms with E-state index in [0.29, 0.717) is 39.9 Å². The predicted octanol–water partition coefficient (Wildman–Crippen LogP) is 15.1. The molecule has 0 amide bonds. The van der Waals surface area contributed by atoms with Crippen LogP contribution in [0.3, 0.4) is 0 Å². The van der Waals surface area contributed by atoms with E-state index in [1.807, 2.05) is 0 Å². The van der Waals surface area contributed by atoms with Crippen molar-refractivity contribution in [3.8, 4) is 0 Å². The third-order valence-corrected chi connectivity index (χ3v) is 5.19. The third-order valence-electron chi connectivity index (χ3n) is 5.19. The van der Waals surface area contributed by atoms with Gasteiger partial charge in [0.15, 0.2) is 0 Å². The van der Waals surface area contributed by atoms with Crippen LogP contribution in [0.5, 0.6) is 0 Å². The molecule has 0 aromatic heterocycles. The maximum Gasteiger partial charge on any atom is 0.133 e. The average Bonchev–Trinajstić information content (AvgIpc) is 2.91. The van der Waals surface area contributed by atoms with Crippen LogP contribution in [0.25, 0.3) is 0 Å². The third kappa shape index (κ3) is 104. The molecule has 0 rings (SSSR count). The normalized spacial score (nSPS) is 9.38. The van der Waals surface area contributed by atoms with E-state index in [2.05, 4.69) is 131 Å². The highest BCUT2D eigenvalue weighted by Gasteiger charge is 2.34. The Bertz CT molecular complexity index is 609. The van der Waals surface area contributed by atoms with Crippen LogP contribution in [0.4, 0.5) is 0 Å². The molecule has 0 spiro atoms. The molecule has 0 heterocycles. The maximum absolute atomic E-state index is 6.01. The summed E-state index contributed by atoms with van der Waals surface area (Å²) in [5.74, 6) is 0. The summed E-state index contributed by atoms with van der Waals surface area (Å²) in [7, 11) is 0. The molecule has 0 saturated heterocycles. The first-order valence-electron chi connectivity index (χ1n) is 15.6. The first-order valence-corrected chi connectivity index (χ1v) is 15.6. The van der Waals surface area contributed by atoms with Crippen molar-refractivity contribution in [1.82, 2.24) is 21.3 Å². The monoisotopic (exact) mass is 909 g/mol. The summed E-state index contributed by atoms with van der Waals surface area (Å²) in [5.41, 5.74) is -0.950. The van der Waals surface area contributed by atoms with E-state index in [-0.39, 0.29) is 181 Å². The van der Waals surface area contributed by atoms with Crippen molar-refractivity contribution < 1.29 is 38.5 Å². The van der Waals surface area contributed by atoms with Crippen LogP contribution in [-0.4, -0.2) is 102 Å². The Morgan fingerprint density at radius 2 is 0.475 bits per heavy atom. The molecule has 0 saturated carbocycles. The molecular weight excluding hydrogens is 773 g/mol. The van der Waals surface area contributed by atoms with Crippen molar-refractivity contribution in [2.75, 3.05) is 79.8 Å². The van der Waals surface area contributed by atoms with Crippen LogP contribution in [-0.2, 0) is 38.5 Å². The van der Waals surface area contributed by atoms with E-state index in [1.54, 1.807) is 0 Å². The van der Waals surface area contributed by atoms with Crippen LogP contribution in [0, 0.1) is 5.41 Å². The van der Waals surface area contributed by atoms with Crippen molar-refractivity contribution in [2.24, 2.45) is 5.41 Å². The minimum Gasteiger partial charge on any atom is -0.378 e. The lowest BCUT2D eigenvalue weighted by atomic mass is 9.92. The van der Waals surface area contributed by atoms with Crippen molar-refractivity contribution >= 4 is 0 Å². The average molecular weight is 910 g/mol. The Labute approximate surface area is 394 Å². The van der Waals surface area contributed by atoms with Gasteiger partial charge in [0, 0.05) is 22.2 Å². The lowest BCUT2D eigenvalue weighted by Gasteiger charge is -2.32. The molecule has 0 aliphatic carbocycles. The van der Waals surface area contributed by atoms with Gasteiger partial charge in [-0.3, -0.25) is 21.3 Å². The summed E-state index contributed by atoms with van der Waals surface area (Å²) in [6.07, 6.45) is 0. The summed E-state index contributed by atoms with van der Waals surface area (Å²) in [6, 6.07) is 0. The second-order valence-corrected chi connectivity index (χ2v) is 14.5. The quantitative estimate of drug-likeness (QED) is 0.0242. The molecule has 400 valence electrons. The molecule has 0 fully saturated rings. The van der Waals surface area contributed by atoms with E-state index in [1.165, 1.54) is 0 Å². The zero-order chi connectivity index (χ0) is 35.5. The van der Waals surface area contributed by atoms with Gasteiger partial charge >= 0.3 is 0 Å². The van der Waals surface area contributed by atoms with Gasteiger partial charge in [-0.1, -0.05) is 119 Å². The highest BCUT2D eigenvalue weighted by molar-refractivity contribution is 4.79. The van der Waals surface area contributed by atoms with Crippen LogP contribution in [0.1, 0.15) is 202 Å². The largest absolute Gasteiger partial charge is 0.378 e. The number of ether oxygens (including phenoxy) is 4. The summed E-state index contributed by atoms with van der Waals surface area (Å²) < 4.78 is 23.3. The fourth-order valence-corrected chi connectivity index (χ4v) is 2.65. The standard InChI is InChI=1S/C29H64N4O8.2C2H4.16CH4/c1-25(2,3)30-21-36-15-13-34-17-29(19-38-40-23-32-27(7,8)9,20-39-41-24-33-28(10,11)12)18-35-14-16-37-22-31-26(4,5)6;2*1-2;;;;;;;;;;;;;;;;/h30-33H,13-24H2,1-12H3;2*1-2H2;16*1H4. The van der Waals surface area contributed by atoms with E-state index < -0.39 is 5.41 Å². The fraction of sp³-hybridized carbons (Fsp3) is 0.918. The summed E-state index contributed by atoms with van der Waals surface area (Å²) >= 11 is 0. The second kappa shape index (κ2) is 70.7. The Kier molecular flexibility index (Phi) is 144. The molecule has 0 unspecified atom stereocenters. The number of rotatable bonds is 24. The minimum atomic E-state index is -0.712. The molecule has 0 aromatic carbocycles. The SMILES string of the molecule is C.C.C.C.C.C.C.C.C.C.C.C.C.C.C.C.C=C.C=C.CC(C)(C)NCOCCOCC(COCCOCNC(C)(C)C)(COOCNC(C)(C)C)COOCNC(C)(C)C. The van der Waals surface area contributed by atoms with Crippen molar-refractivity contribution in [1.29, 1.82) is 0 Å². The van der Waals surface area contributed by atoms with Gasteiger partial charge in [-0.15, -0.1) is 26.3 Å². The molecule has 12 heteroatoms. The minimum absolute atomic E-state index is 0. The Balaban J connectivity index is -0.0000000502. The van der Waals surface area contributed by atoms with Crippen molar-refractivity contribution in [3.05, 3.63) is 26.3 Å². The molecule has 4 N–H and O–H groups in total. The van der Waals surface area contributed by atoms with Crippen LogP contribution in [0.15, 0.2) is 26.3 Å². The zero-order valence-electron chi connectivity index (χ0n) is 31.1. The van der Waals surface area contributed by atoms with Crippen LogP contribution in [0.2, 0.25) is 0 Å². The van der Waals surface area contributed by atoms with Gasteiger partial charge in [0.2, 0.25) is 0 Å². The number of hydrogen-bond acceptors (Lipinski definition) is 12. The first-order chi connectivity index (χ1) is 20.8. The predicted molar refractivity (Wildman–Crippen MR) is 291 cm³/mol. The smallest absolute Gasteiger partial charge is 0.133 e. The second-order valence-electron chi connectivity index (χ2n) is 14.5. The van der Waals surface area contributed by atoms with E-state index in [0.717, 1.165) is 0 Å². The summed E-state index contributed by atoms with van der Waals surface area (Å²) in [6.45, 7) is 40.8. The van der Waals surface area contributed by atoms with E-state index in [9.17, 15) is 0 Å². The molecule has 0 aliphatic heterocycles. The van der Waals surface area contributed by atoms with Gasteiger partial charge in [0.25, 0.3) is 0 Å². The lowest BCUT2D eigenvalue weighted by molar-refractivity contribution is -0.353. The molecular formula is C49H136N4O8. The molecule has 0 atom stereocenters. The van der Waals surface area contributed by atoms with Gasteiger partial charge in [0.1, 0.15) is 13.5 Å². The molecule has 61 heavy (non-hydrogen) atoms. The fourth-order valence-electron chi connectivity index (χ4n) is 2.65. The summed E-state index contributed by atoms with van der Waals surface area (Å²) in [4.78, 5) is 22.1. The zero-order valence-corrected chi connectivity index (χ0v) is 31.1. The maximum atomic E-state index is 6.01. The number of hydrogen-bond donors (Lipinski definition) is 4. The van der Waals surface area contributed by atoms with E-state index in [4.69, 9.17) is 38.5 Å². The van der Waals surface area contributed by atoms with Crippen LogP contribution < -0.4 is 21.3 Å². The molecule has 0 radical (unpaired) electrons. The molecule has 0 bridgehead atoms. The van der Waals surface area contributed by atoms with Gasteiger partial charge in [-0.25, -0.2) is 19.6 Å². The molecule has 0 aliphatic rings. The van der Waals surface area contributed by atoms with Crippen molar-refractivity contribution in [2.45, 2.75) is 224 Å². The Hall–Kier alpha value is -1.00. The highest BCUT2D eigenvalue weighted by atomic mass is 17.2. The van der Waals surface area contributed by atoms with Crippen LogP contribution >= 0.6 is 0 Å². The van der Waals surface area contributed by atoms with E-state index >= 15 is 0 Å². The van der Waals surface area contributed by atoms with Crippen molar-refractivity contribution in [3.63, 3.8) is 0 Å². The van der Waals surface area contributed by atoms with Gasteiger partial charge in [-0.05, 0) is 83.1 Å². The lowest BCUT2D eigenvalue weighted by Crippen LogP contribution is -2.44. The Morgan fingerprint density at radius 1 is 0.279 bits per heavy atom. The summed E-state index contributed by atoms with van der Waals surface area (Å²) in [5, 5.41) is 13.0. The molecule has 12 nitrogen and oxygen atoms in total. The van der Waals surface area contributed by atoms with Gasteiger partial charge < -0.3 is 18.9 Å². The van der Waals surface area contributed by atoms with Gasteiger partial charge in [0.05, 0.1) is 71.7 Å². The Morgan fingerprint density at radius 3 is 0.689 bits per heavy atom. The van der Waals surface area contributed by atoms with Gasteiger partial charge in [-0.2, -0.15) is 0 Å². The topological polar surface area (TPSA) is 122 Å².